The van der Waals surface area contributed by atoms with Crippen molar-refractivity contribution in [2.75, 3.05) is 16.8 Å². The van der Waals surface area contributed by atoms with Crippen LogP contribution in [0.5, 0.6) is 0 Å². The van der Waals surface area contributed by atoms with E-state index in [2.05, 4.69) is 5.32 Å². The van der Waals surface area contributed by atoms with Crippen LogP contribution < -0.4 is 10.2 Å². The van der Waals surface area contributed by atoms with E-state index >= 15 is 0 Å². The highest BCUT2D eigenvalue weighted by Crippen LogP contribution is 2.29. The zero-order chi connectivity index (χ0) is 18.8. The van der Waals surface area contributed by atoms with Crippen LogP contribution in [0.3, 0.4) is 0 Å². The predicted octanol–water partition coefficient (Wildman–Crippen LogP) is 4.19. The van der Waals surface area contributed by atoms with Crippen LogP contribution in [0.2, 0.25) is 10.0 Å². The highest BCUT2D eigenvalue weighted by molar-refractivity contribution is 6.34. The Bertz CT molecular complexity index is 881. The number of Topliss-reactive ketones (excluding diaryl/α,β-unsaturated/α-hetero) is 1. The normalized spacial score (nSPS) is 16.7. The SMILES string of the molecule is CC(=O)c1ccc(Cl)c(NC(=O)C2CC(=O)N(c3ccc(Cl)cc3)C2)c1. The molecule has 2 aromatic carbocycles. The van der Waals surface area contributed by atoms with Gasteiger partial charge in [-0.15, -0.1) is 0 Å². The third-order valence-corrected chi connectivity index (χ3v) is 4.85. The molecular weight excluding hydrogens is 375 g/mol. The molecule has 26 heavy (non-hydrogen) atoms. The number of hydrogen-bond acceptors (Lipinski definition) is 3. The molecule has 1 unspecified atom stereocenters. The molecular formula is C19H16Cl2N2O3. The predicted molar refractivity (Wildman–Crippen MR) is 102 cm³/mol. The highest BCUT2D eigenvalue weighted by atomic mass is 35.5. The average molecular weight is 391 g/mol. The summed E-state index contributed by atoms with van der Waals surface area (Å²) in [6.07, 6.45) is 0.110. The van der Waals surface area contributed by atoms with Gasteiger partial charge in [0.15, 0.2) is 5.78 Å². The number of anilines is 2. The molecule has 0 saturated carbocycles. The van der Waals surface area contributed by atoms with E-state index in [1.54, 1.807) is 41.3 Å². The largest absolute Gasteiger partial charge is 0.324 e. The second-order valence-electron chi connectivity index (χ2n) is 6.12. The Kier molecular flexibility index (Phi) is 5.30. The van der Waals surface area contributed by atoms with Crippen LogP contribution >= 0.6 is 23.2 Å². The maximum Gasteiger partial charge on any atom is 0.229 e. The number of rotatable bonds is 4. The molecule has 1 saturated heterocycles. The Morgan fingerprint density at radius 3 is 2.46 bits per heavy atom. The molecule has 0 radical (unpaired) electrons. The van der Waals surface area contributed by atoms with Crippen molar-refractivity contribution in [3.63, 3.8) is 0 Å². The third kappa shape index (κ3) is 3.89. The van der Waals surface area contributed by atoms with Crippen LogP contribution in [0.4, 0.5) is 11.4 Å². The Morgan fingerprint density at radius 1 is 1.12 bits per heavy atom. The van der Waals surface area contributed by atoms with E-state index in [0.717, 1.165) is 0 Å². The minimum Gasteiger partial charge on any atom is -0.324 e. The lowest BCUT2D eigenvalue weighted by molar-refractivity contribution is -0.122. The van der Waals surface area contributed by atoms with Crippen molar-refractivity contribution in [1.29, 1.82) is 0 Å². The highest BCUT2D eigenvalue weighted by Gasteiger charge is 2.35. The molecule has 1 aliphatic rings. The van der Waals surface area contributed by atoms with Gasteiger partial charge in [-0.2, -0.15) is 0 Å². The number of carbonyl (C=O) groups is 3. The lowest BCUT2D eigenvalue weighted by Gasteiger charge is -2.17. The van der Waals surface area contributed by atoms with Crippen LogP contribution in [0.25, 0.3) is 0 Å². The minimum absolute atomic E-state index is 0.110. The van der Waals surface area contributed by atoms with Gasteiger partial charge in [0, 0.05) is 29.2 Å². The van der Waals surface area contributed by atoms with Gasteiger partial charge in [0.1, 0.15) is 0 Å². The molecule has 1 N–H and O–H groups in total. The van der Waals surface area contributed by atoms with Crippen molar-refractivity contribution < 1.29 is 14.4 Å². The molecule has 0 aromatic heterocycles. The fourth-order valence-electron chi connectivity index (χ4n) is 2.83. The average Bonchev–Trinajstić information content (AvgIpc) is 2.99. The number of carbonyl (C=O) groups excluding carboxylic acids is 3. The summed E-state index contributed by atoms with van der Waals surface area (Å²) in [5, 5.41) is 3.64. The molecule has 7 heteroatoms. The summed E-state index contributed by atoms with van der Waals surface area (Å²) in [7, 11) is 0. The number of ketones is 1. The number of benzene rings is 2. The molecule has 1 heterocycles. The standard InChI is InChI=1S/C19H16Cl2N2O3/c1-11(24)12-2-7-16(21)17(8-12)22-19(26)13-9-18(25)23(10-13)15-5-3-14(20)4-6-15/h2-8,13H,9-10H2,1H3,(H,22,26). The van der Waals surface area contributed by atoms with E-state index < -0.39 is 5.92 Å². The van der Waals surface area contributed by atoms with E-state index in [1.807, 2.05) is 0 Å². The quantitative estimate of drug-likeness (QED) is 0.795. The monoisotopic (exact) mass is 390 g/mol. The maximum atomic E-state index is 12.6. The van der Waals surface area contributed by atoms with Gasteiger partial charge in [-0.05, 0) is 49.4 Å². The number of amides is 2. The number of nitrogens with one attached hydrogen (secondary N) is 1. The first kappa shape index (κ1) is 18.4. The summed E-state index contributed by atoms with van der Waals surface area (Å²) in [6, 6.07) is 11.6. The smallest absolute Gasteiger partial charge is 0.229 e. The summed E-state index contributed by atoms with van der Waals surface area (Å²) in [4.78, 5) is 37.9. The lowest BCUT2D eigenvalue weighted by atomic mass is 10.1. The van der Waals surface area contributed by atoms with E-state index in [9.17, 15) is 14.4 Å². The Hall–Kier alpha value is -2.37. The van der Waals surface area contributed by atoms with Gasteiger partial charge in [0.2, 0.25) is 11.8 Å². The van der Waals surface area contributed by atoms with Crippen LogP contribution in [0, 0.1) is 5.92 Å². The fraction of sp³-hybridized carbons (Fsp3) is 0.211. The third-order valence-electron chi connectivity index (χ3n) is 4.26. The van der Waals surface area contributed by atoms with Crippen molar-refractivity contribution in [3.8, 4) is 0 Å². The van der Waals surface area contributed by atoms with Crippen molar-refractivity contribution >= 4 is 52.2 Å². The first-order valence-corrected chi connectivity index (χ1v) is 8.78. The lowest BCUT2D eigenvalue weighted by Crippen LogP contribution is -2.28. The molecule has 0 bridgehead atoms. The second kappa shape index (κ2) is 7.48. The molecule has 5 nitrogen and oxygen atoms in total. The zero-order valence-electron chi connectivity index (χ0n) is 14.0. The Balaban J connectivity index is 1.73. The van der Waals surface area contributed by atoms with Crippen molar-refractivity contribution in [2.45, 2.75) is 13.3 Å². The van der Waals surface area contributed by atoms with Gasteiger partial charge in [0.25, 0.3) is 0 Å². The number of halogens is 2. The Labute approximate surface area is 160 Å². The van der Waals surface area contributed by atoms with Crippen molar-refractivity contribution in [3.05, 3.63) is 58.1 Å². The van der Waals surface area contributed by atoms with Crippen molar-refractivity contribution in [2.24, 2.45) is 5.92 Å². The van der Waals surface area contributed by atoms with E-state index in [-0.39, 0.29) is 30.6 Å². The molecule has 1 aliphatic heterocycles. The zero-order valence-corrected chi connectivity index (χ0v) is 15.5. The molecule has 2 aromatic rings. The number of hydrogen-bond donors (Lipinski definition) is 1. The molecule has 1 fully saturated rings. The maximum absolute atomic E-state index is 12.6. The van der Waals surface area contributed by atoms with Crippen LogP contribution in [-0.2, 0) is 9.59 Å². The first-order chi connectivity index (χ1) is 12.3. The van der Waals surface area contributed by atoms with Gasteiger partial charge < -0.3 is 10.2 Å². The van der Waals surface area contributed by atoms with Gasteiger partial charge in [-0.25, -0.2) is 0 Å². The topological polar surface area (TPSA) is 66.5 Å². The Morgan fingerprint density at radius 2 is 1.81 bits per heavy atom. The first-order valence-electron chi connectivity index (χ1n) is 8.02. The van der Waals surface area contributed by atoms with Gasteiger partial charge in [-0.1, -0.05) is 23.2 Å². The van der Waals surface area contributed by atoms with Gasteiger partial charge >= 0.3 is 0 Å². The van der Waals surface area contributed by atoms with E-state index in [1.165, 1.54) is 13.0 Å². The number of nitrogens with zero attached hydrogens (tertiary/aromatic N) is 1. The summed E-state index contributed by atoms with van der Waals surface area (Å²) >= 11 is 12.0. The van der Waals surface area contributed by atoms with Crippen LogP contribution in [0.1, 0.15) is 23.7 Å². The molecule has 0 aliphatic carbocycles. The summed E-state index contributed by atoms with van der Waals surface area (Å²) in [5.74, 6) is -1.06. The van der Waals surface area contributed by atoms with Gasteiger partial charge in [0.05, 0.1) is 16.6 Å². The summed E-state index contributed by atoms with van der Waals surface area (Å²) in [6.45, 7) is 1.71. The van der Waals surface area contributed by atoms with Crippen molar-refractivity contribution in [1.82, 2.24) is 0 Å². The summed E-state index contributed by atoms with van der Waals surface area (Å²) < 4.78 is 0. The molecule has 134 valence electrons. The second-order valence-corrected chi connectivity index (χ2v) is 6.97. The molecule has 3 rings (SSSR count). The molecule has 2 amide bonds. The minimum atomic E-state index is -0.504. The molecule has 0 spiro atoms. The van der Waals surface area contributed by atoms with Gasteiger partial charge in [-0.3, -0.25) is 14.4 Å². The summed E-state index contributed by atoms with van der Waals surface area (Å²) in [5.41, 5.74) is 1.52. The fourth-order valence-corrected chi connectivity index (χ4v) is 3.12. The van der Waals surface area contributed by atoms with E-state index in [4.69, 9.17) is 23.2 Å². The van der Waals surface area contributed by atoms with Crippen LogP contribution in [0.15, 0.2) is 42.5 Å². The molecule has 1 atom stereocenters. The van der Waals surface area contributed by atoms with Crippen LogP contribution in [-0.4, -0.2) is 24.1 Å². The van der Waals surface area contributed by atoms with E-state index in [0.29, 0.717) is 27.0 Å².